The van der Waals surface area contributed by atoms with Gasteiger partial charge in [0.15, 0.2) is 0 Å². The van der Waals surface area contributed by atoms with Gasteiger partial charge in [-0.15, -0.1) is 0 Å². The summed E-state index contributed by atoms with van der Waals surface area (Å²) in [6, 6.07) is 8.07. The molecule has 17 heavy (non-hydrogen) atoms. The highest BCUT2D eigenvalue weighted by atomic mass is 15.2. The summed E-state index contributed by atoms with van der Waals surface area (Å²) in [7, 11) is 0. The fourth-order valence-corrected chi connectivity index (χ4v) is 2.45. The van der Waals surface area contributed by atoms with Crippen LogP contribution in [0.15, 0.2) is 18.2 Å². The minimum absolute atomic E-state index is 0.609. The van der Waals surface area contributed by atoms with E-state index in [-0.39, 0.29) is 0 Å². The molecule has 94 valence electrons. The van der Waals surface area contributed by atoms with E-state index in [1.165, 1.54) is 16.7 Å². The first-order chi connectivity index (χ1) is 8.06. The summed E-state index contributed by atoms with van der Waals surface area (Å²) in [6.07, 6.45) is 0. The van der Waals surface area contributed by atoms with Crippen LogP contribution in [0, 0.1) is 13.8 Å². The first-order valence-electron chi connectivity index (χ1n) is 6.60. The molecule has 0 bridgehead atoms. The molecule has 1 saturated heterocycles. The maximum Gasteiger partial charge on any atom is 0.0237 e. The van der Waals surface area contributed by atoms with Crippen LogP contribution in [-0.4, -0.2) is 30.1 Å². The van der Waals surface area contributed by atoms with Gasteiger partial charge < -0.3 is 5.32 Å². The molecule has 2 unspecified atom stereocenters. The lowest BCUT2D eigenvalue weighted by atomic mass is 10.0. The highest BCUT2D eigenvalue weighted by molar-refractivity contribution is 5.29. The van der Waals surface area contributed by atoms with E-state index in [1.807, 2.05) is 0 Å². The van der Waals surface area contributed by atoms with Crippen molar-refractivity contribution in [2.75, 3.05) is 13.1 Å². The van der Waals surface area contributed by atoms with Gasteiger partial charge in [0.2, 0.25) is 0 Å². The lowest BCUT2D eigenvalue weighted by Crippen LogP contribution is -2.53. The molecule has 1 fully saturated rings. The van der Waals surface area contributed by atoms with E-state index in [1.54, 1.807) is 0 Å². The third-order valence-electron chi connectivity index (χ3n) is 3.85. The Hall–Kier alpha value is -0.860. The maximum absolute atomic E-state index is 3.53. The van der Waals surface area contributed by atoms with Crippen molar-refractivity contribution >= 4 is 0 Å². The highest BCUT2D eigenvalue weighted by Crippen LogP contribution is 2.15. The van der Waals surface area contributed by atoms with Crippen LogP contribution < -0.4 is 5.32 Å². The van der Waals surface area contributed by atoms with Gasteiger partial charge >= 0.3 is 0 Å². The zero-order chi connectivity index (χ0) is 12.4. The van der Waals surface area contributed by atoms with Crippen LogP contribution in [0.5, 0.6) is 0 Å². The Balaban J connectivity index is 2.06. The van der Waals surface area contributed by atoms with Crippen LogP contribution in [0.2, 0.25) is 0 Å². The van der Waals surface area contributed by atoms with Gasteiger partial charge in [-0.2, -0.15) is 0 Å². The largest absolute Gasteiger partial charge is 0.311 e. The minimum atomic E-state index is 0.609. The lowest BCUT2D eigenvalue weighted by molar-refractivity contribution is 0.139. The van der Waals surface area contributed by atoms with E-state index in [4.69, 9.17) is 0 Å². The summed E-state index contributed by atoms with van der Waals surface area (Å²) in [5.41, 5.74) is 4.22. The van der Waals surface area contributed by atoms with Crippen LogP contribution in [0.25, 0.3) is 0 Å². The second-order valence-electron chi connectivity index (χ2n) is 5.51. The summed E-state index contributed by atoms with van der Waals surface area (Å²) >= 11 is 0. The van der Waals surface area contributed by atoms with Crippen molar-refractivity contribution in [3.8, 4) is 0 Å². The molecule has 2 nitrogen and oxygen atoms in total. The number of benzene rings is 1. The molecule has 0 amide bonds. The highest BCUT2D eigenvalue weighted by Gasteiger charge is 2.22. The fraction of sp³-hybridized carbons (Fsp3) is 0.600. The van der Waals surface area contributed by atoms with Gasteiger partial charge in [0.05, 0.1) is 0 Å². The Morgan fingerprint density at radius 1 is 1.24 bits per heavy atom. The predicted molar refractivity (Wildman–Crippen MR) is 73.3 cm³/mol. The number of rotatable bonds is 2. The molecule has 2 rings (SSSR count). The average Bonchev–Trinajstić information content (AvgIpc) is 2.29. The summed E-state index contributed by atoms with van der Waals surface area (Å²) in [4.78, 5) is 2.57. The topological polar surface area (TPSA) is 15.3 Å². The van der Waals surface area contributed by atoms with E-state index < -0.39 is 0 Å². The molecule has 1 aliphatic heterocycles. The quantitative estimate of drug-likeness (QED) is 0.843. The number of nitrogens with one attached hydrogen (secondary N) is 1. The summed E-state index contributed by atoms with van der Waals surface area (Å²) in [5.74, 6) is 0. The molecule has 0 aromatic heterocycles. The molecule has 1 N–H and O–H groups in total. The number of aryl methyl sites for hydroxylation is 2. The second kappa shape index (κ2) is 5.19. The zero-order valence-electron chi connectivity index (χ0n) is 11.5. The standard InChI is InChI=1S/C15H24N2/c1-11-5-6-15(7-12(11)2)10-17-9-13(3)16-8-14(17)4/h5-7,13-14,16H,8-10H2,1-4H3. The molecule has 2 heteroatoms. The van der Waals surface area contributed by atoms with E-state index in [0.717, 1.165) is 19.6 Å². The smallest absolute Gasteiger partial charge is 0.0237 e. The average molecular weight is 232 g/mol. The van der Waals surface area contributed by atoms with Gasteiger partial charge in [0.25, 0.3) is 0 Å². The van der Waals surface area contributed by atoms with Crippen LogP contribution in [-0.2, 0) is 6.54 Å². The predicted octanol–water partition coefficient (Wildman–Crippen LogP) is 2.49. The van der Waals surface area contributed by atoms with Gasteiger partial charge in [0.1, 0.15) is 0 Å². The van der Waals surface area contributed by atoms with Crippen LogP contribution in [0.1, 0.15) is 30.5 Å². The number of nitrogens with zero attached hydrogens (tertiary/aromatic N) is 1. The van der Waals surface area contributed by atoms with Gasteiger partial charge in [-0.3, -0.25) is 4.90 Å². The van der Waals surface area contributed by atoms with Gasteiger partial charge in [-0.1, -0.05) is 18.2 Å². The lowest BCUT2D eigenvalue weighted by Gasteiger charge is -2.37. The number of hydrogen-bond acceptors (Lipinski definition) is 2. The van der Waals surface area contributed by atoms with Crippen LogP contribution >= 0.6 is 0 Å². The minimum Gasteiger partial charge on any atom is -0.311 e. The normalized spacial score (nSPS) is 26.1. The molecule has 0 radical (unpaired) electrons. The summed E-state index contributed by atoms with van der Waals surface area (Å²) < 4.78 is 0. The van der Waals surface area contributed by atoms with Crippen LogP contribution in [0.4, 0.5) is 0 Å². The molecule has 0 saturated carbocycles. The van der Waals surface area contributed by atoms with Crippen molar-refractivity contribution in [2.24, 2.45) is 0 Å². The van der Waals surface area contributed by atoms with Gasteiger partial charge in [-0.05, 0) is 44.4 Å². The van der Waals surface area contributed by atoms with Crippen molar-refractivity contribution in [1.82, 2.24) is 10.2 Å². The van der Waals surface area contributed by atoms with E-state index in [9.17, 15) is 0 Å². The van der Waals surface area contributed by atoms with Crippen molar-refractivity contribution in [3.05, 3.63) is 34.9 Å². The van der Waals surface area contributed by atoms with Crippen molar-refractivity contribution in [1.29, 1.82) is 0 Å². The monoisotopic (exact) mass is 232 g/mol. The summed E-state index contributed by atoms with van der Waals surface area (Å²) in [6.45, 7) is 12.3. The summed E-state index contributed by atoms with van der Waals surface area (Å²) in [5, 5.41) is 3.53. The van der Waals surface area contributed by atoms with Crippen molar-refractivity contribution in [3.63, 3.8) is 0 Å². The first kappa shape index (κ1) is 12.6. The second-order valence-corrected chi connectivity index (χ2v) is 5.51. The Kier molecular flexibility index (Phi) is 3.85. The van der Waals surface area contributed by atoms with Crippen LogP contribution in [0.3, 0.4) is 0 Å². The van der Waals surface area contributed by atoms with Crippen molar-refractivity contribution < 1.29 is 0 Å². The Bertz CT molecular complexity index is 387. The molecule has 1 aromatic carbocycles. The Morgan fingerprint density at radius 2 is 2.00 bits per heavy atom. The van der Waals surface area contributed by atoms with E-state index in [0.29, 0.717) is 12.1 Å². The molecule has 1 aromatic rings. The zero-order valence-corrected chi connectivity index (χ0v) is 11.5. The molecule has 0 aliphatic carbocycles. The molecular weight excluding hydrogens is 208 g/mol. The van der Waals surface area contributed by atoms with E-state index in [2.05, 4.69) is 56.1 Å². The SMILES string of the molecule is Cc1ccc(CN2CC(C)NCC2C)cc1C. The van der Waals surface area contributed by atoms with E-state index >= 15 is 0 Å². The number of piperazine rings is 1. The third kappa shape index (κ3) is 3.08. The van der Waals surface area contributed by atoms with Gasteiger partial charge in [0, 0.05) is 31.7 Å². The maximum atomic E-state index is 3.53. The molecule has 0 spiro atoms. The Labute approximate surface area is 105 Å². The molecule has 1 aliphatic rings. The fourth-order valence-electron chi connectivity index (χ4n) is 2.45. The molecule has 2 atom stereocenters. The first-order valence-corrected chi connectivity index (χ1v) is 6.60. The molecule has 1 heterocycles. The van der Waals surface area contributed by atoms with Gasteiger partial charge in [-0.25, -0.2) is 0 Å². The third-order valence-corrected chi connectivity index (χ3v) is 3.85. The Morgan fingerprint density at radius 3 is 2.71 bits per heavy atom. The molecular formula is C15H24N2. The van der Waals surface area contributed by atoms with Crippen molar-refractivity contribution in [2.45, 2.75) is 46.3 Å². The number of hydrogen-bond donors (Lipinski definition) is 1.